The smallest absolute Gasteiger partial charge is 0.150 e. The van der Waals surface area contributed by atoms with E-state index in [1.54, 1.807) is 0 Å². The van der Waals surface area contributed by atoms with Gasteiger partial charge >= 0.3 is 0 Å². The summed E-state index contributed by atoms with van der Waals surface area (Å²) in [7, 11) is -2.68. The standard InChI is InChI=1S/C8H17NO2S/c1-7(2)9-5-8-3-4-12(10,11)6-8/h7-9H,3-6H2,1-2H3. The average molecular weight is 191 g/mol. The molecule has 0 spiro atoms. The van der Waals surface area contributed by atoms with Gasteiger partial charge in [-0.05, 0) is 18.9 Å². The summed E-state index contributed by atoms with van der Waals surface area (Å²) < 4.78 is 22.1. The van der Waals surface area contributed by atoms with E-state index >= 15 is 0 Å². The van der Waals surface area contributed by atoms with Gasteiger partial charge in [-0.2, -0.15) is 0 Å². The Morgan fingerprint density at radius 1 is 1.50 bits per heavy atom. The molecule has 1 aliphatic rings. The van der Waals surface area contributed by atoms with Crippen LogP contribution in [-0.4, -0.2) is 32.5 Å². The van der Waals surface area contributed by atoms with E-state index < -0.39 is 9.84 Å². The largest absolute Gasteiger partial charge is 0.314 e. The summed E-state index contributed by atoms with van der Waals surface area (Å²) in [5, 5.41) is 3.26. The molecule has 0 amide bonds. The first kappa shape index (κ1) is 9.99. The molecule has 1 unspecified atom stereocenters. The highest BCUT2D eigenvalue weighted by molar-refractivity contribution is 7.91. The fraction of sp³-hybridized carbons (Fsp3) is 1.00. The molecule has 72 valence electrons. The zero-order valence-electron chi connectivity index (χ0n) is 7.71. The van der Waals surface area contributed by atoms with Gasteiger partial charge in [-0.15, -0.1) is 0 Å². The van der Waals surface area contributed by atoms with Gasteiger partial charge in [0.05, 0.1) is 11.5 Å². The highest BCUT2D eigenvalue weighted by atomic mass is 32.2. The van der Waals surface area contributed by atoms with Crippen molar-refractivity contribution in [3.63, 3.8) is 0 Å². The second-order valence-electron chi connectivity index (χ2n) is 3.83. The molecule has 0 aliphatic carbocycles. The Balaban J connectivity index is 2.29. The Hall–Kier alpha value is -0.0900. The molecule has 0 aromatic carbocycles. The van der Waals surface area contributed by atoms with Crippen LogP contribution in [0.1, 0.15) is 20.3 Å². The van der Waals surface area contributed by atoms with Crippen molar-refractivity contribution < 1.29 is 8.42 Å². The maximum absolute atomic E-state index is 11.1. The lowest BCUT2D eigenvalue weighted by Gasteiger charge is -2.11. The summed E-state index contributed by atoms with van der Waals surface area (Å²) in [4.78, 5) is 0. The second-order valence-corrected chi connectivity index (χ2v) is 6.06. The van der Waals surface area contributed by atoms with Gasteiger partial charge < -0.3 is 5.32 Å². The molecular formula is C8H17NO2S. The predicted octanol–water partition coefficient (Wildman–Crippen LogP) is 0.419. The Morgan fingerprint density at radius 3 is 2.58 bits per heavy atom. The van der Waals surface area contributed by atoms with Crippen molar-refractivity contribution in [2.75, 3.05) is 18.1 Å². The van der Waals surface area contributed by atoms with Crippen LogP contribution in [0, 0.1) is 5.92 Å². The van der Waals surface area contributed by atoms with E-state index in [0.717, 1.165) is 13.0 Å². The van der Waals surface area contributed by atoms with Crippen LogP contribution in [0.3, 0.4) is 0 Å². The number of hydrogen-bond donors (Lipinski definition) is 1. The molecule has 0 aromatic rings. The normalized spacial score (nSPS) is 28.1. The zero-order valence-corrected chi connectivity index (χ0v) is 8.52. The van der Waals surface area contributed by atoms with Crippen LogP contribution < -0.4 is 5.32 Å². The molecule has 0 aromatic heterocycles. The van der Waals surface area contributed by atoms with Gasteiger partial charge in [0.1, 0.15) is 0 Å². The van der Waals surface area contributed by atoms with Crippen LogP contribution >= 0.6 is 0 Å². The highest BCUT2D eigenvalue weighted by Crippen LogP contribution is 2.17. The van der Waals surface area contributed by atoms with E-state index in [9.17, 15) is 8.42 Å². The molecule has 1 aliphatic heterocycles. The van der Waals surface area contributed by atoms with Gasteiger partial charge in [0, 0.05) is 6.04 Å². The summed E-state index contributed by atoms with van der Waals surface area (Å²) >= 11 is 0. The summed E-state index contributed by atoms with van der Waals surface area (Å²) in [5.74, 6) is 1.11. The minimum absolute atomic E-state index is 0.345. The van der Waals surface area contributed by atoms with Crippen LogP contribution in [0.25, 0.3) is 0 Å². The first-order valence-electron chi connectivity index (χ1n) is 4.43. The van der Waals surface area contributed by atoms with Crippen LogP contribution in [0.2, 0.25) is 0 Å². The lowest BCUT2D eigenvalue weighted by atomic mass is 10.1. The van der Waals surface area contributed by atoms with Crippen molar-refractivity contribution in [1.29, 1.82) is 0 Å². The molecule has 0 radical (unpaired) electrons. The van der Waals surface area contributed by atoms with E-state index in [-0.39, 0.29) is 0 Å². The topological polar surface area (TPSA) is 46.2 Å². The van der Waals surface area contributed by atoms with Crippen molar-refractivity contribution in [3.8, 4) is 0 Å². The van der Waals surface area contributed by atoms with Gasteiger partial charge in [0.15, 0.2) is 9.84 Å². The van der Waals surface area contributed by atoms with Crippen LogP contribution in [0.5, 0.6) is 0 Å². The zero-order chi connectivity index (χ0) is 9.19. The molecule has 1 heterocycles. The Bertz CT molecular complexity index is 233. The fourth-order valence-electron chi connectivity index (χ4n) is 1.44. The fourth-order valence-corrected chi connectivity index (χ4v) is 3.30. The Labute approximate surface area is 74.5 Å². The molecule has 1 fully saturated rings. The molecule has 1 saturated heterocycles. The highest BCUT2D eigenvalue weighted by Gasteiger charge is 2.27. The van der Waals surface area contributed by atoms with Crippen molar-refractivity contribution in [2.24, 2.45) is 5.92 Å². The first-order chi connectivity index (χ1) is 5.49. The van der Waals surface area contributed by atoms with Crippen molar-refractivity contribution in [3.05, 3.63) is 0 Å². The Morgan fingerprint density at radius 2 is 2.17 bits per heavy atom. The van der Waals surface area contributed by atoms with Crippen molar-refractivity contribution >= 4 is 9.84 Å². The third kappa shape index (κ3) is 3.11. The molecule has 1 rings (SSSR count). The van der Waals surface area contributed by atoms with Gasteiger partial charge in [0.2, 0.25) is 0 Å². The summed E-state index contributed by atoms with van der Waals surface area (Å²) in [5.41, 5.74) is 0. The maximum Gasteiger partial charge on any atom is 0.150 e. The van der Waals surface area contributed by atoms with E-state index in [1.807, 2.05) is 0 Å². The lowest BCUT2D eigenvalue weighted by Crippen LogP contribution is -2.29. The number of nitrogens with one attached hydrogen (secondary N) is 1. The third-order valence-electron chi connectivity index (χ3n) is 2.14. The molecule has 3 nitrogen and oxygen atoms in total. The van der Waals surface area contributed by atoms with E-state index in [1.165, 1.54) is 0 Å². The minimum atomic E-state index is -2.68. The van der Waals surface area contributed by atoms with Crippen LogP contribution in [-0.2, 0) is 9.84 Å². The minimum Gasteiger partial charge on any atom is -0.314 e. The van der Waals surface area contributed by atoms with E-state index in [2.05, 4.69) is 19.2 Å². The number of rotatable bonds is 3. The second kappa shape index (κ2) is 3.75. The van der Waals surface area contributed by atoms with Gasteiger partial charge in [-0.1, -0.05) is 13.8 Å². The van der Waals surface area contributed by atoms with Crippen LogP contribution in [0.4, 0.5) is 0 Å². The maximum atomic E-state index is 11.1. The third-order valence-corrected chi connectivity index (χ3v) is 3.98. The summed E-state index contributed by atoms with van der Waals surface area (Å²) in [6.07, 6.45) is 0.835. The molecule has 1 atom stereocenters. The number of hydrogen-bond acceptors (Lipinski definition) is 3. The molecule has 12 heavy (non-hydrogen) atoms. The molecular weight excluding hydrogens is 174 g/mol. The van der Waals surface area contributed by atoms with E-state index in [0.29, 0.717) is 23.5 Å². The molecule has 0 saturated carbocycles. The van der Waals surface area contributed by atoms with Gasteiger partial charge in [-0.3, -0.25) is 0 Å². The van der Waals surface area contributed by atoms with E-state index in [4.69, 9.17) is 0 Å². The monoisotopic (exact) mass is 191 g/mol. The summed E-state index contributed by atoms with van der Waals surface area (Å²) in [6, 6.07) is 0.452. The quantitative estimate of drug-likeness (QED) is 0.703. The Kier molecular flexibility index (Phi) is 3.12. The van der Waals surface area contributed by atoms with Crippen LogP contribution in [0.15, 0.2) is 0 Å². The first-order valence-corrected chi connectivity index (χ1v) is 6.25. The predicted molar refractivity (Wildman–Crippen MR) is 49.9 cm³/mol. The SMILES string of the molecule is CC(C)NCC1CCS(=O)(=O)C1. The molecule has 4 heteroatoms. The van der Waals surface area contributed by atoms with Crippen molar-refractivity contribution in [1.82, 2.24) is 5.32 Å². The molecule has 0 bridgehead atoms. The summed E-state index contributed by atoms with van der Waals surface area (Å²) in [6.45, 7) is 4.99. The molecule has 1 N–H and O–H groups in total. The number of sulfone groups is 1. The van der Waals surface area contributed by atoms with Crippen molar-refractivity contribution in [2.45, 2.75) is 26.3 Å². The lowest BCUT2D eigenvalue weighted by molar-refractivity contribution is 0.484. The van der Waals surface area contributed by atoms with Gasteiger partial charge in [-0.25, -0.2) is 8.42 Å². The average Bonchev–Trinajstić information content (AvgIpc) is 2.26. The van der Waals surface area contributed by atoms with Gasteiger partial charge in [0.25, 0.3) is 0 Å².